The van der Waals surface area contributed by atoms with Gasteiger partial charge in [0.05, 0.1) is 0 Å². The maximum Gasteiger partial charge on any atom is 0.407 e. The van der Waals surface area contributed by atoms with E-state index in [1.807, 2.05) is 20.8 Å². The molecule has 0 bridgehead atoms. The molecule has 1 aliphatic carbocycles. The van der Waals surface area contributed by atoms with Crippen LogP contribution in [0, 0.1) is 0 Å². The quantitative estimate of drug-likeness (QED) is 0.190. The number of amides is 1. The Bertz CT molecular complexity index is 431. The van der Waals surface area contributed by atoms with E-state index >= 15 is 0 Å². The molecule has 0 radical (unpaired) electrons. The SMILES string of the molecule is CN=C(NCCNC(=O)OC(C)(C)C)NCCC1=CCCCC1.I. The topological polar surface area (TPSA) is 74.8 Å². The number of rotatable bonds is 6. The number of halogens is 1. The highest BCUT2D eigenvalue weighted by Crippen LogP contribution is 2.19. The van der Waals surface area contributed by atoms with Gasteiger partial charge < -0.3 is 20.7 Å². The Morgan fingerprint density at radius 2 is 1.83 bits per heavy atom. The molecule has 0 heterocycles. The summed E-state index contributed by atoms with van der Waals surface area (Å²) in [5.41, 5.74) is 1.08. The fourth-order valence-electron chi connectivity index (χ4n) is 2.35. The fourth-order valence-corrected chi connectivity index (χ4v) is 2.35. The van der Waals surface area contributed by atoms with E-state index < -0.39 is 11.7 Å². The molecule has 0 aromatic carbocycles. The molecule has 3 N–H and O–H groups in total. The highest BCUT2D eigenvalue weighted by molar-refractivity contribution is 14.0. The fraction of sp³-hybridized carbons (Fsp3) is 0.765. The minimum atomic E-state index is -0.469. The zero-order valence-corrected chi connectivity index (χ0v) is 17.7. The number of aliphatic imine (C=N–C) groups is 1. The summed E-state index contributed by atoms with van der Waals surface area (Å²) in [5.74, 6) is 0.757. The Balaban J connectivity index is 0.00000529. The van der Waals surface area contributed by atoms with Gasteiger partial charge in [-0.15, -0.1) is 24.0 Å². The maximum absolute atomic E-state index is 11.5. The van der Waals surface area contributed by atoms with Gasteiger partial charge in [-0.3, -0.25) is 4.99 Å². The highest BCUT2D eigenvalue weighted by atomic mass is 127. The van der Waals surface area contributed by atoms with Gasteiger partial charge in [-0.05, 0) is 52.9 Å². The first-order valence-electron chi connectivity index (χ1n) is 8.50. The highest BCUT2D eigenvalue weighted by Gasteiger charge is 2.15. The average molecular weight is 452 g/mol. The normalized spacial score (nSPS) is 15.0. The monoisotopic (exact) mass is 452 g/mol. The molecule has 7 heteroatoms. The molecule has 1 rings (SSSR count). The van der Waals surface area contributed by atoms with Crippen LogP contribution in [0.25, 0.3) is 0 Å². The number of carbonyl (C=O) groups excluding carboxylic acids is 1. The van der Waals surface area contributed by atoms with E-state index in [0.29, 0.717) is 13.1 Å². The summed E-state index contributed by atoms with van der Waals surface area (Å²) in [7, 11) is 1.75. The molecule has 0 saturated carbocycles. The zero-order valence-electron chi connectivity index (χ0n) is 15.4. The summed E-state index contributed by atoms with van der Waals surface area (Å²) in [6.07, 6.45) is 8.13. The van der Waals surface area contributed by atoms with Crippen molar-refractivity contribution in [3.05, 3.63) is 11.6 Å². The third kappa shape index (κ3) is 11.5. The van der Waals surface area contributed by atoms with Crippen molar-refractivity contribution in [1.82, 2.24) is 16.0 Å². The summed E-state index contributed by atoms with van der Waals surface area (Å²) in [6.45, 7) is 7.50. The van der Waals surface area contributed by atoms with Crippen LogP contribution in [-0.4, -0.2) is 44.3 Å². The molecule has 1 amide bonds. The first kappa shape index (κ1) is 23.0. The van der Waals surface area contributed by atoms with Crippen LogP contribution in [0.4, 0.5) is 4.79 Å². The molecule has 0 aromatic heterocycles. The van der Waals surface area contributed by atoms with E-state index in [4.69, 9.17) is 4.74 Å². The lowest BCUT2D eigenvalue weighted by Gasteiger charge is -2.20. The van der Waals surface area contributed by atoms with Gasteiger partial charge in [-0.25, -0.2) is 4.79 Å². The number of hydrogen-bond acceptors (Lipinski definition) is 3. The van der Waals surface area contributed by atoms with E-state index in [-0.39, 0.29) is 24.0 Å². The van der Waals surface area contributed by atoms with E-state index in [2.05, 4.69) is 27.0 Å². The summed E-state index contributed by atoms with van der Waals surface area (Å²) in [4.78, 5) is 15.7. The number of ether oxygens (including phenoxy) is 1. The van der Waals surface area contributed by atoms with Gasteiger partial charge >= 0.3 is 6.09 Å². The van der Waals surface area contributed by atoms with Crippen molar-refractivity contribution < 1.29 is 9.53 Å². The van der Waals surface area contributed by atoms with Gasteiger partial charge in [0.2, 0.25) is 0 Å². The van der Waals surface area contributed by atoms with E-state index in [1.54, 1.807) is 12.6 Å². The van der Waals surface area contributed by atoms with E-state index in [0.717, 1.165) is 18.9 Å². The number of nitrogens with one attached hydrogen (secondary N) is 3. The first-order valence-corrected chi connectivity index (χ1v) is 8.50. The summed E-state index contributed by atoms with van der Waals surface area (Å²) in [5, 5.41) is 9.18. The molecule has 0 aromatic rings. The zero-order chi connectivity index (χ0) is 17.1. The lowest BCUT2D eigenvalue weighted by Crippen LogP contribution is -2.42. The summed E-state index contributed by atoms with van der Waals surface area (Å²) in [6, 6.07) is 0. The van der Waals surface area contributed by atoms with Crippen LogP contribution in [-0.2, 0) is 4.74 Å². The molecule has 0 saturated heterocycles. The van der Waals surface area contributed by atoms with E-state index in [9.17, 15) is 4.79 Å². The number of nitrogens with zero attached hydrogens (tertiary/aromatic N) is 1. The Labute approximate surface area is 163 Å². The number of allylic oxidation sites excluding steroid dienone is 1. The number of hydrogen-bond donors (Lipinski definition) is 3. The van der Waals surface area contributed by atoms with Crippen LogP contribution in [0.5, 0.6) is 0 Å². The number of carbonyl (C=O) groups is 1. The van der Waals surface area contributed by atoms with Crippen LogP contribution >= 0.6 is 24.0 Å². The van der Waals surface area contributed by atoms with Gasteiger partial charge in [0.25, 0.3) is 0 Å². The molecule has 1 aliphatic rings. The second kappa shape index (κ2) is 12.4. The lowest BCUT2D eigenvalue weighted by molar-refractivity contribution is 0.0529. The van der Waals surface area contributed by atoms with Gasteiger partial charge in [-0.1, -0.05) is 11.6 Å². The van der Waals surface area contributed by atoms with E-state index in [1.165, 1.54) is 25.7 Å². The van der Waals surface area contributed by atoms with Crippen LogP contribution < -0.4 is 16.0 Å². The van der Waals surface area contributed by atoms with Crippen molar-refractivity contribution >= 4 is 36.0 Å². The molecule has 0 spiro atoms. The second-order valence-corrected chi connectivity index (χ2v) is 6.71. The van der Waals surface area contributed by atoms with Crippen molar-refractivity contribution in [2.45, 2.75) is 58.5 Å². The third-order valence-corrected chi connectivity index (χ3v) is 3.43. The molecule has 24 heavy (non-hydrogen) atoms. The van der Waals surface area contributed by atoms with Crippen LogP contribution in [0.3, 0.4) is 0 Å². The van der Waals surface area contributed by atoms with Crippen molar-refractivity contribution in [2.24, 2.45) is 4.99 Å². The lowest BCUT2D eigenvalue weighted by atomic mass is 9.97. The molecule has 6 nitrogen and oxygen atoms in total. The van der Waals surface area contributed by atoms with Crippen molar-refractivity contribution in [3.63, 3.8) is 0 Å². The maximum atomic E-state index is 11.5. The summed E-state index contributed by atoms with van der Waals surface area (Å²) < 4.78 is 5.17. The Kier molecular flexibility index (Phi) is 11.9. The Morgan fingerprint density at radius 3 is 2.42 bits per heavy atom. The first-order chi connectivity index (χ1) is 10.9. The smallest absolute Gasteiger partial charge is 0.407 e. The van der Waals surface area contributed by atoms with Gasteiger partial charge in [0.1, 0.15) is 5.60 Å². The Morgan fingerprint density at radius 1 is 1.17 bits per heavy atom. The predicted molar refractivity (Wildman–Crippen MR) is 110 cm³/mol. The second-order valence-electron chi connectivity index (χ2n) is 6.71. The largest absolute Gasteiger partial charge is 0.444 e. The molecular formula is C17H33IN4O2. The predicted octanol–water partition coefficient (Wildman–Crippen LogP) is 3.18. The molecule has 0 atom stereocenters. The minimum absolute atomic E-state index is 0. The Hall–Kier alpha value is -0.990. The van der Waals surface area contributed by atoms with Crippen molar-refractivity contribution in [1.29, 1.82) is 0 Å². The molecule has 0 unspecified atom stereocenters. The third-order valence-electron chi connectivity index (χ3n) is 3.43. The summed E-state index contributed by atoms with van der Waals surface area (Å²) >= 11 is 0. The standard InChI is InChI=1S/C17H32N4O2.HI/c1-17(2,3)23-16(22)21-13-12-20-15(18-4)19-11-10-14-8-6-5-7-9-14;/h8H,5-7,9-13H2,1-4H3,(H,21,22)(H2,18,19,20);1H. The van der Waals surface area contributed by atoms with Crippen molar-refractivity contribution in [3.8, 4) is 0 Å². The minimum Gasteiger partial charge on any atom is -0.444 e. The molecule has 0 aliphatic heterocycles. The molecule has 140 valence electrons. The number of alkyl carbamates (subject to hydrolysis) is 1. The average Bonchev–Trinajstić information content (AvgIpc) is 2.49. The number of guanidine groups is 1. The van der Waals surface area contributed by atoms with Gasteiger partial charge in [0, 0.05) is 26.7 Å². The van der Waals surface area contributed by atoms with Crippen LogP contribution in [0.2, 0.25) is 0 Å². The van der Waals surface area contributed by atoms with Crippen LogP contribution in [0.1, 0.15) is 52.9 Å². The molecule has 0 fully saturated rings. The van der Waals surface area contributed by atoms with Gasteiger partial charge in [-0.2, -0.15) is 0 Å². The van der Waals surface area contributed by atoms with Crippen LogP contribution in [0.15, 0.2) is 16.6 Å². The van der Waals surface area contributed by atoms with Gasteiger partial charge in [0.15, 0.2) is 5.96 Å². The molecular weight excluding hydrogens is 419 g/mol. The van der Waals surface area contributed by atoms with Crippen molar-refractivity contribution in [2.75, 3.05) is 26.7 Å².